The van der Waals surface area contributed by atoms with E-state index in [0.717, 1.165) is 4.90 Å². The lowest BCUT2D eigenvalue weighted by Gasteiger charge is -2.31. The Morgan fingerprint density at radius 1 is 0.946 bits per heavy atom. The van der Waals surface area contributed by atoms with E-state index >= 15 is 0 Å². The second-order valence-electron chi connectivity index (χ2n) is 9.28. The summed E-state index contributed by atoms with van der Waals surface area (Å²) in [5.74, 6) is -4.33. The monoisotopic (exact) mass is 529 g/mol. The standard InChI is InChI=1S/C26H31N3O7S/c1-17(2)22(27)25(32)29(21(26(33)34)16-18-10-4-3-5-11-18)37(35,36)15-9-8-14-28-23(30)19-12-6-7-13-20(19)24(28)31/h3-7,10-13,17,21-22H,8-9,14-16,27H2,1-2H3,(H,33,34)/t21-,22-/m0/s1. The minimum Gasteiger partial charge on any atom is -0.480 e. The topological polar surface area (TPSA) is 155 Å². The number of carbonyl (C=O) groups is 4. The quantitative estimate of drug-likeness (QED) is 0.312. The summed E-state index contributed by atoms with van der Waals surface area (Å²) in [6, 6.07) is 11.9. The molecule has 198 valence electrons. The number of amides is 3. The molecule has 0 bridgehead atoms. The van der Waals surface area contributed by atoms with Gasteiger partial charge >= 0.3 is 5.97 Å². The van der Waals surface area contributed by atoms with Crippen molar-refractivity contribution in [1.29, 1.82) is 0 Å². The Balaban J connectivity index is 1.76. The van der Waals surface area contributed by atoms with Crippen LogP contribution in [0.1, 0.15) is 53.0 Å². The number of unbranched alkanes of at least 4 members (excludes halogenated alkanes) is 1. The minimum atomic E-state index is -4.41. The van der Waals surface area contributed by atoms with Gasteiger partial charge in [0.1, 0.15) is 6.04 Å². The third-order valence-corrected chi connectivity index (χ3v) is 8.11. The summed E-state index contributed by atoms with van der Waals surface area (Å²) in [5.41, 5.74) is 7.11. The number of fused-ring (bicyclic) bond motifs is 1. The van der Waals surface area contributed by atoms with Crippen molar-refractivity contribution in [3.63, 3.8) is 0 Å². The van der Waals surface area contributed by atoms with Crippen molar-refractivity contribution in [3.05, 3.63) is 71.3 Å². The smallest absolute Gasteiger partial charge is 0.327 e. The van der Waals surface area contributed by atoms with E-state index in [1.807, 2.05) is 0 Å². The molecule has 3 rings (SSSR count). The van der Waals surface area contributed by atoms with Crippen LogP contribution in [0.15, 0.2) is 54.6 Å². The summed E-state index contributed by atoms with van der Waals surface area (Å²) < 4.78 is 27.2. The van der Waals surface area contributed by atoms with E-state index in [9.17, 15) is 32.7 Å². The number of imide groups is 1. The number of nitrogens with two attached hydrogens (primary N) is 1. The largest absolute Gasteiger partial charge is 0.480 e. The fraction of sp³-hybridized carbons (Fsp3) is 0.385. The van der Waals surface area contributed by atoms with Crippen LogP contribution in [-0.2, 0) is 26.0 Å². The van der Waals surface area contributed by atoms with Crippen LogP contribution in [0.3, 0.4) is 0 Å². The number of nitrogens with zero attached hydrogens (tertiary/aromatic N) is 2. The first kappa shape index (κ1) is 28.0. The Labute approximate surface area is 216 Å². The molecule has 3 amide bonds. The predicted molar refractivity (Wildman–Crippen MR) is 136 cm³/mol. The highest BCUT2D eigenvalue weighted by Gasteiger charge is 2.41. The minimum absolute atomic E-state index is 0.00584. The maximum absolute atomic E-state index is 13.4. The zero-order valence-corrected chi connectivity index (χ0v) is 21.6. The molecule has 1 aliphatic rings. The molecule has 2 aromatic carbocycles. The Morgan fingerprint density at radius 2 is 1.49 bits per heavy atom. The zero-order valence-electron chi connectivity index (χ0n) is 20.7. The number of sulfonamides is 1. The fourth-order valence-electron chi connectivity index (χ4n) is 4.12. The lowest BCUT2D eigenvalue weighted by Crippen LogP contribution is -2.56. The van der Waals surface area contributed by atoms with Gasteiger partial charge in [-0.05, 0) is 36.5 Å². The highest BCUT2D eigenvalue weighted by molar-refractivity contribution is 7.89. The third-order valence-electron chi connectivity index (χ3n) is 6.27. The lowest BCUT2D eigenvalue weighted by molar-refractivity contribution is -0.146. The van der Waals surface area contributed by atoms with Crippen LogP contribution in [0, 0.1) is 5.92 Å². The van der Waals surface area contributed by atoms with E-state index < -0.39 is 57.5 Å². The zero-order chi connectivity index (χ0) is 27.3. The van der Waals surface area contributed by atoms with Gasteiger partial charge in [0.25, 0.3) is 17.7 Å². The molecule has 0 saturated heterocycles. The number of hydrogen-bond donors (Lipinski definition) is 2. The van der Waals surface area contributed by atoms with Crippen molar-refractivity contribution in [2.75, 3.05) is 12.3 Å². The summed E-state index contributed by atoms with van der Waals surface area (Å²) in [6.45, 7) is 3.28. The number of carbonyl (C=O) groups excluding carboxylic acids is 3. The fourth-order valence-corrected chi connectivity index (χ4v) is 5.83. The first-order valence-electron chi connectivity index (χ1n) is 12.0. The molecule has 10 nitrogen and oxygen atoms in total. The van der Waals surface area contributed by atoms with Crippen molar-refractivity contribution in [3.8, 4) is 0 Å². The summed E-state index contributed by atoms with van der Waals surface area (Å²) in [4.78, 5) is 51.5. The van der Waals surface area contributed by atoms with Gasteiger partial charge in [-0.1, -0.05) is 56.3 Å². The maximum Gasteiger partial charge on any atom is 0.327 e. The van der Waals surface area contributed by atoms with E-state index in [2.05, 4.69) is 0 Å². The second kappa shape index (κ2) is 11.7. The van der Waals surface area contributed by atoms with Gasteiger partial charge < -0.3 is 10.8 Å². The van der Waals surface area contributed by atoms with Gasteiger partial charge in [-0.25, -0.2) is 17.5 Å². The molecule has 0 fully saturated rings. The second-order valence-corrected chi connectivity index (χ2v) is 11.2. The first-order valence-corrected chi connectivity index (χ1v) is 13.6. The lowest BCUT2D eigenvalue weighted by atomic mass is 10.0. The molecule has 2 aromatic rings. The summed E-state index contributed by atoms with van der Waals surface area (Å²) in [7, 11) is -4.41. The normalized spacial score (nSPS) is 15.0. The van der Waals surface area contributed by atoms with E-state index in [1.165, 1.54) is 0 Å². The van der Waals surface area contributed by atoms with Crippen molar-refractivity contribution in [1.82, 2.24) is 9.21 Å². The van der Waals surface area contributed by atoms with Crippen molar-refractivity contribution < 1.29 is 32.7 Å². The number of carboxylic acid groups (broad SMARTS) is 1. The van der Waals surface area contributed by atoms with E-state index in [-0.39, 0.29) is 25.8 Å². The molecule has 1 aliphatic heterocycles. The van der Waals surface area contributed by atoms with Crippen LogP contribution >= 0.6 is 0 Å². The number of aliphatic carboxylic acids is 1. The van der Waals surface area contributed by atoms with Gasteiger partial charge in [-0.15, -0.1) is 0 Å². The molecule has 0 aromatic heterocycles. The SMILES string of the molecule is CC(C)[C@H](N)C(=O)N([C@@H](Cc1ccccc1)C(=O)O)S(=O)(=O)CCCCN1C(=O)c2ccccc2C1=O. The van der Waals surface area contributed by atoms with E-state index in [1.54, 1.807) is 68.4 Å². The molecule has 0 saturated carbocycles. The van der Waals surface area contributed by atoms with Crippen LogP contribution in [-0.4, -0.2) is 70.8 Å². The maximum atomic E-state index is 13.4. The highest BCUT2D eigenvalue weighted by atomic mass is 32.2. The average molecular weight is 530 g/mol. The number of rotatable bonds is 12. The molecule has 0 spiro atoms. The average Bonchev–Trinajstić information content (AvgIpc) is 3.10. The van der Waals surface area contributed by atoms with Gasteiger partial charge in [0.05, 0.1) is 22.9 Å². The number of carboxylic acids is 1. The summed E-state index contributed by atoms with van der Waals surface area (Å²) >= 11 is 0. The number of hydrogen-bond acceptors (Lipinski definition) is 7. The third kappa shape index (κ3) is 6.23. The van der Waals surface area contributed by atoms with Crippen molar-refractivity contribution in [2.45, 2.75) is 45.2 Å². The van der Waals surface area contributed by atoms with Crippen LogP contribution in [0.4, 0.5) is 0 Å². The molecule has 3 N–H and O–H groups in total. The van der Waals surface area contributed by atoms with Gasteiger partial charge in [-0.2, -0.15) is 0 Å². The molecular weight excluding hydrogens is 498 g/mol. The first-order chi connectivity index (χ1) is 17.5. The van der Waals surface area contributed by atoms with Crippen LogP contribution in [0.5, 0.6) is 0 Å². The van der Waals surface area contributed by atoms with Gasteiger partial charge in [0.2, 0.25) is 10.0 Å². The molecule has 0 unspecified atom stereocenters. The molecule has 0 aliphatic carbocycles. The Kier molecular flexibility index (Phi) is 8.82. The summed E-state index contributed by atoms with van der Waals surface area (Å²) in [6.07, 6.45) is -0.0749. The number of benzene rings is 2. The van der Waals surface area contributed by atoms with Gasteiger partial charge in [-0.3, -0.25) is 19.3 Å². The van der Waals surface area contributed by atoms with Crippen molar-refractivity contribution in [2.24, 2.45) is 11.7 Å². The summed E-state index contributed by atoms with van der Waals surface area (Å²) in [5, 5.41) is 9.92. The van der Waals surface area contributed by atoms with E-state index in [0.29, 0.717) is 21.0 Å². The van der Waals surface area contributed by atoms with Gasteiger partial charge in [0.15, 0.2) is 0 Å². The Bertz CT molecular complexity index is 1240. The van der Waals surface area contributed by atoms with Crippen LogP contribution < -0.4 is 5.73 Å². The predicted octanol–water partition coefficient (Wildman–Crippen LogP) is 1.90. The molecule has 37 heavy (non-hydrogen) atoms. The molecule has 0 radical (unpaired) electrons. The molecular formula is C26H31N3O7S. The van der Waals surface area contributed by atoms with E-state index in [4.69, 9.17) is 5.73 Å². The van der Waals surface area contributed by atoms with Crippen molar-refractivity contribution >= 4 is 33.7 Å². The molecule has 1 heterocycles. The molecule has 11 heteroatoms. The van der Waals surface area contributed by atoms with Gasteiger partial charge in [0, 0.05) is 13.0 Å². The van der Waals surface area contributed by atoms with Crippen LogP contribution in [0.2, 0.25) is 0 Å². The Morgan fingerprint density at radius 3 is 2.00 bits per heavy atom. The Hall–Kier alpha value is -3.57. The van der Waals surface area contributed by atoms with Crippen LogP contribution in [0.25, 0.3) is 0 Å². The highest BCUT2D eigenvalue weighted by Crippen LogP contribution is 2.23. The molecule has 2 atom stereocenters.